The number of ether oxygens (including phenoxy) is 1. The van der Waals surface area contributed by atoms with Gasteiger partial charge in [0, 0.05) is 13.1 Å². The van der Waals surface area contributed by atoms with Gasteiger partial charge in [-0.25, -0.2) is 4.79 Å². The van der Waals surface area contributed by atoms with Crippen LogP contribution in [-0.2, 0) is 9.59 Å². The second kappa shape index (κ2) is 11.5. The van der Waals surface area contributed by atoms with Crippen LogP contribution in [0.25, 0.3) is 0 Å². The van der Waals surface area contributed by atoms with Crippen molar-refractivity contribution in [3.05, 3.63) is 54.1 Å². The number of piperidine rings is 1. The van der Waals surface area contributed by atoms with Crippen molar-refractivity contribution < 1.29 is 19.1 Å². The lowest BCUT2D eigenvalue weighted by atomic mass is 9.92. The fraction of sp³-hybridized carbons (Fsp3) is 0.481. The summed E-state index contributed by atoms with van der Waals surface area (Å²) in [6.45, 7) is 4.91. The van der Waals surface area contributed by atoms with E-state index in [4.69, 9.17) is 10.5 Å². The molecular formula is C27H35N5O4. The predicted molar refractivity (Wildman–Crippen MR) is 137 cm³/mol. The Morgan fingerprint density at radius 2 is 2.00 bits per heavy atom. The number of fused-ring (bicyclic) bond motifs is 1. The van der Waals surface area contributed by atoms with E-state index in [2.05, 4.69) is 15.6 Å². The van der Waals surface area contributed by atoms with E-state index < -0.39 is 12.1 Å². The molecule has 3 aliphatic rings. The van der Waals surface area contributed by atoms with Crippen LogP contribution in [0.2, 0.25) is 0 Å². The van der Waals surface area contributed by atoms with Crippen molar-refractivity contribution in [3.63, 3.8) is 0 Å². The molecule has 4 rings (SSSR count). The van der Waals surface area contributed by atoms with Gasteiger partial charge in [-0.1, -0.05) is 50.3 Å². The molecule has 0 radical (unpaired) electrons. The fourth-order valence-electron chi connectivity index (χ4n) is 4.80. The van der Waals surface area contributed by atoms with Gasteiger partial charge in [0.15, 0.2) is 0 Å². The van der Waals surface area contributed by atoms with Crippen LogP contribution in [0.5, 0.6) is 5.75 Å². The zero-order chi connectivity index (χ0) is 25.7. The van der Waals surface area contributed by atoms with Crippen LogP contribution in [0, 0.1) is 11.8 Å². The highest BCUT2D eigenvalue weighted by Crippen LogP contribution is 2.26. The third kappa shape index (κ3) is 6.02. The van der Waals surface area contributed by atoms with Crippen LogP contribution in [-0.4, -0.2) is 59.9 Å². The Balaban J connectivity index is 1.45. The molecule has 1 aromatic carbocycles. The average Bonchev–Trinajstić information content (AvgIpc) is 2.87. The SMILES string of the molecule is CC(C)C[C@H](N)C(=O)NCC1CCCCN1C(=O)Oc1ccccc1C1=NC2C=CC=CC2C(=O)N1. The number of para-hydroxylation sites is 1. The van der Waals surface area contributed by atoms with Gasteiger partial charge >= 0.3 is 6.09 Å². The van der Waals surface area contributed by atoms with Gasteiger partial charge in [-0.05, 0) is 43.7 Å². The van der Waals surface area contributed by atoms with Crippen LogP contribution < -0.4 is 21.1 Å². The maximum atomic E-state index is 13.2. The molecule has 0 saturated carbocycles. The Hall–Kier alpha value is -3.46. The molecule has 0 bridgehead atoms. The molecule has 1 saturated heterocycles. The highest BCUT2D eigenvalue weighted by atomic mass is 16.6. The number of nitrogens with one attached hydrogen (secondary N) is 2. The molecule has 0 spiro atoms. The van der Waals surface area contributed by atoms with Crippen LogP contribution in [0.1, 0.15) is 45.1 Å². The number of hydrogen-bond donors (Lipinski definition) is 3. The molecule has 2 aliphatic heterocycles. The summed E-state index contributed by atoms with van der Waals surface area (Å²) >= 11 is 0. The summed E-state index contributed by atoms with van der Waals surface area (Å²) in [7, 11) is 0. The first-order valence-electron chi connectivity index (χ1n) is 12.7. The minimum atomic E-state index is -0.568. The van der Waals surface area contributed by atoms with Gasteiger partial charge in [0.1, 0.15) is 11.6 Å². The summed E-state index contributed by atoms with van der Waals surface area (Å²) in [5.74, 6) is 0.334. The number of carbonyl (C=O) groups is 3. The topological polar surface area (TPSA) is 126 Å². The van der Waals surface area contributed by atoms with Crippen LogP contribution >= 0.6 is 0 Å². The van der Waals surface area contributed by atoms with Gasteiger partial charge in [0.25, 0.3) is 0 Å². The smallest absolute Gasteiger partial charge is 0.409 e. The van der Waals surface area contributed by atoms with Crippen molar-refractivity contribution in [1.29, 1.82) is 0 Å². The number of nitrogens with zero attached hydrogens (tertiary/aromatic N) is 2. The van der Waals surface area contributed by atoms with Gasteiger partial charge in [-0.2, -0.15) is 0 Å². The molecule has 36 heavy (non-hydrogen) atoms. The Morgan fingerprint density at radius 1 is 1.22 bits per heavy atom. The molecule has 1 fully saturated rings. The van der Waals surface area contributed by atoms with E-state index in [9.17, 15) is 14.4 Å². The second-order valence-electron chi connectivity index (χ2n) is 9.94. The highest BCUT2D eigenvalue weighted by molar-refractivity contribution is 6.12. The van der Waals surface area contributed by atoms with E-state index >= 15 is 0 Å². The van der Waals surface area contributed by atoms with E-state index in [0.717, 1.165) is 19.3 Å². The fourth-order valence-corrected chi connectivity index (χ4v) is 4.80. The number of benzene rings is 1. The van der Waals surface area contributed by atoms with Crippen LogP contribution in [0.15, 0.2) is 53.6 Å². The third-order valence-corrected chi connectivity index (χ3v) is 6.70. The first-order valence-corrected chi connectivity index (χ1v) is 12.7. The zero-order valence-corrected chi connectivity index (χ0v) is 20.9. The molecule has 3 unspecified atom stereocenters. The first kappa shape index (κ1) is 25.6. The predicted octanol–water partition coefficient (Wildman–Crippen LogP) is 2.52. The number of allylic oxidation sites excluding steroid dienone is 2. The van der Waals surface area contributed by atoms with Crippen molar-refractivity contribution in [2.75, 3.05) is 13.1 Å². The van der Waals surface area contributed by atoms with E-state index in [1.807, 2.05) is 44.2 Å². The normalized spacial score (nSPS) is 24.0. The lowest BCUT2D eigenvalue weighted by molar-refractivity contribution is -0.123. The number of carbonyl (C=O) groups excluding carboxylic acids is 3. The maximum Gasteiger partial charge on any atom is 0.415 e. The minimum Gasteiger partial charge on any atom is -0.409 e. The monoisotopic (exact) mass is 493 g/mol. The van der Waals surface area contributed by atoms with Crippen LogP contribution in [0.4, 0.5) is 4.79 Å². The van der Waals surface area contributed by atoms with Gasteiger partial charge in [0.05, 0.1) is 29.6 Å². The molecule has 3 amide bonds. The summed E-state index contributed by atoms with van der Waals surface area (Å²) in [6, 6.07) is 6.00. The number of hydrogen-bond acceptors (Lipinski definition) is 6. The second-order valence-corrected chi connectivity index (χ2v) is 9.94. The summed E-state index contributed by atoms with van der Waals surface area (Å²) in [5, 5.41) is 5.76. The number of amidine groups is 1. The molecular weight excluding hydrogens is 458 g/mol. The van der Waals surface area contributed by atoms with Crippen molar-refractivity contribution in [2.45, 2.75) is 57.7 Å². The molecule has 192 valence electrons. The third-order valence-electron chi connectivity index (χ3n) is 6.70. The lowest BCUT2D eigenvalue weighted by Gasteiger charge is -2.35. The zero-order valence-electron chi connectivity index (χ0n) is 20.9. The molecule has 1 aromatic rings. The number of likely N-dealkylation sites (tertiary alicyclic amines) is 1. The van der Waals surface area contributed by atoms with E-state index in [1.165, 1.54) is 0 Å². The molecule has 1 aliphatic carbocycles. The average molecular weight is 494 g/mol. The van der Waals surface area contributed by atoms with Gasteiger partial charge in [0.2, 0.25) is 11.8 Å². The van der Waals surface area contributed by atoms with Crippen molar-refractivity contribution >= 4 is 23.7 Å². The molecule has 2 heterocycles. The highest BCUT2D eigenvalue weighted by Gasteiger charge is 2.33. The van der Waals surface area contributed by atoms with Gasteiger partial charge in [-0.15, -0.1) is 0 Å². The van der Waals surface area contributed by atoms with E-state index in [1.54, 1.807) is 23.1 Å². The number of nitrogens with two attached hydrogens (primary N) is 1. The van der Waals surface area contributed by atoms with Crippen molar-refractivity contribution in [1.82, 2.24) is 15.5 Å². The maximum absolute atomic E-state index is 13.2. The van der Waals surface area contributed by atoms with E-state index in [-0.39, 0.29) is 29.8 Å². The van der Waals surface area contributed by atoms with Gasteiger partial charge in [-0.3, -0.25) is 14.6 Å². The molecule has 9 nitrogen and oxygen atoms in total. The summed E-state index contributed by atoms with van der Waals surface area (Å²) in [4.78, 5) is 44.6. The number of amides is 3. The summed E-state index contributed by atoms with van der Waals surface area (Å²) in [6.07, 6.45) is 10.1. The minimum absolute atomic E-state index is 0.144. The largest absolute Gasteiger partial charge is 0.415 e. The Morgan fingerprint density at radius 3 is 2.81 bits per heavy atom. The van der Waals surface area contributed by atoms with E-state index in [0.29, 0.717) is 42.6 Å². The number of rotatable bonds is 7. The number of aliphatic imine (C=N–C) groups is 1. The quantitative estimate of drug-likeness (QED) is 0.538. The Bertz CT molecular complexity index is 1080. The van der Waals surface area contributed by atoms with Gasteiger partial charge < -0.3 is 26.0 Å². The lowest BCUT2D eigenvalue weighted by Crippen LogP contribution is -2.52. The molecule has 4 N–H and O–H groups in total. The van der Waals surface area contributed by atoms with Crippen molar-refractivity contribution in [2.24, 2.45) is 22.6 Å². The summed E-state index contributed by atoms with van der Waals surface area (Å²) < 4.78 is 5.83. The van der Waals surface area contributed by atoms with Crippen molar-refractivity contribution in [3.8, 4) is 5.75 Å². The molecule has 4 atom stereocenters. The first-order chi connectivity index (χ1) is 17.3. The van der Waals surface area contributed by atoms with Crippen LogP contribution in [0.3, 0.4) is 0 Å². The Labute approximate surface area is 211 Å². The summed E-state index contributed by atoms with van der Waals surface area (Å²) in [5.41, 5.74) is 6.55. The standard InChI is InChI=1S/C27H35N5O4/c1-17(2)15-21(28)26(34)29-16-18-9-7-8-14-32(18)27(35)36-23-13-6-4-11-20(23)24-30-22-12-5-3-10-19(22)25(33)31-24/h3-6,10-13,17-19,21-22H,7-9,14-16,28H2,1-2H3,(H,29,34)(H,30,31,33)/t18?,19?,21-,22?/m0/s1. The molecule has 9 heteroatoms. The molecule has 0 aromatic heterocycles. The Kier molecular flexibility index (Phi) is 8.20.